The van der Waals surface area contributed by atoms with Crippen molar-refractivity contribution in [3.05, 3.63) is 53.0 Å². The van der Waals surface area contributed by atoms with Crippen molar-refractivity contribution in [3.8, 4) is 0 Å². The lowest BCUT2D eigenvalue weighted by Crippen LogP contribution is -2.21. The van der Waals surface area contributed by atoms with Gasteiger partial charge in [-0.2, -0.15) is 0 Å². The number of hydrogen-bond acceptors (Lipinski definition) is 5. The van der Waals surface area contributed by atoms with Crippen LogP contribution < -0.4 is 11.4 Å². The highest BCUT2D eigenvalue weighted by molar-refractivity contribution is 5.76. The standard InChI is InChI=1S/C12H10N4O2/c13-8-2-3-9-10(6-8)18-11(15-9)7-16-5-1-4-14-12(16)17/h1-6H,7,13H2. The topological polar surface area (TPSA) is 86.9 Å². The summed E-state index contributed by atoms with van der Waals surface area (Å²) >= 11 is 0. The Bertz CT molecular complexity index is 760. The molecule has 1 aromatic carbocycles. The lowest BCUT2D eigenvalue weighted by molar-refractivity contribution is 0.501. The molecular weight excluding hydrogens is 232 g/mol. The van der Waals surface area contributed by atoms with Gasteiger partial charge in [0.05, 0.1) is 0 Å². The van der Waals surface area contributed by atoms with Crippen LogP contribution in [0.1, 0.15) is 5.89 Å². The predicted molar refractivity (Wildman–Crippen MR) is 66.0 cm³/mol. The average molecular weight is 242 g/mol. The number of hydrogen-bond donors (Lipinski definition) is 1. The average Bonchev–Trinajstić information content (AvgIpc) is 2.73. The molecule has 6 heteroatoms. The molecule has 0 unspecified atom stereocenters. The number of fused-ring (bicyclic) bond motifs is 1. The molecule has 90 valence electrons. The molecule has 0 aliphatic heterocycles. The van der Waals surface area contributed by atoms with E-state index < -0.39 is 0 Å². The largest absolute Gasteiger partial charge is 0.439 e. The monoisotopic (exact) mass is 242 g/mol. The molecule has 3 aromatic rings. The Kier molecular flexibility index (Phi) is 2.33. The van der Waals surface area contributed by atoms with Gasteiger partial charge in [-0.25, -0.2) is 14.8 Å². The van der Waals surface area contributed by atoms with Gasteiger partial charge in [0.15, 0.2) is 5.58 Å². The predicted octanol–water partition coefficient (Wildman–Crippen LogP) is 1.02. The van der Waals surface area contributed by atoms with Gasteiger partial charge in [0, 0.05) is 24.1 Å². The molecule has 0 amide bonds. The van der Waals surface area contributed by atoms with Crippen molar-refractivity contribution in [2.24, 2.45) is 0 Å². The molecule has 0 fully saturated rings. The second-order valence-corrected chi connectivity index (χ2v) is 3.86. The molecule has 0 saturated heterocycles. The van der Waals surface area contributed by atoms with E-state index in [9.17, 15) is 4.79 Å². The zero-order valence-electron chi connectivity index (χ0n) is 9.41. The third-order valence-electron chi connectivity index (χ3n) is 2.55. The van der Waals surface area contributed by atoms with Crippen LogP contribution in [0.5, 0.6) is 0 Å². The van der Waals surface area contributed by atoms with Crippen LogP contribution in [0.25, 0.3) is 11.1 Å². The Morgan fingerprint density at radius 3 is 3.11 bits per heavy atom. The number of oxazole rings is 1. The molecular formula is C12H10N4O2. The maximum atomic E-state index is 11.5. The van der Waals surface area contributed by atoms with E-state index in [0.717, 1.165) is 5.52 Å². The third kappa shape index (κ3) is 1.84. The van der Waals surface area contributed by atoms with E-state index in [-0.39, 0.29) is 12.2 Å². The highest BCUT2D eigenvalue weighted by Gasteiger charge is 2.07. The van der Waals surface area contributed by atoms with E-state index in [1.165, 1.54) is 10.8 Å². The molecule has 6 nitrogen and oxygen atoms in total. The molecule has 0 aliphatic carbocycles. The summed E-state index contributed by atoms with van der Waals surface area (Å²) in [5.74, 6) is 0.450. The van der Waals surface area contributed by atoms with Gasteiger partial charge in [-0.3, -0.25) is 4.57 Å². The van der Waals surface area contributed by atoms with Crippen LogP contribution in [0.15, 0.2) is 45.9 Å². The van der Waals surface area contributed by atoms with Crippen molar-refractivity contribution >= 4 is 16.8 Å². The minimum Gasteiger partial charge on any atom is -0.439 e. The number of benzene rings is 1. The normalized spacial score (nSPS) is 10.9. The van der Waals surface area contributed by atoms with Crippen LogP contribution >= 0.6 is 0 Å². The molecule has 3 rings (SSSR count). The van der Waals surface area contributed by atoms with E-state index in [0.29, 0.717) is 17.2 Å². The second-order valence-electron chi connectivity index (χ2n) is 3.86. The third-order valence-corrected chi connectivity index (χ3v) is 2.55. The number of anilines is 1. The molecule has 0 spiro atoms. The summed E-state index contributed by atoms with van der Waals surface area (Å²) in [5, 5.41) is 0. The van der Waals surface area contributed by atoms with Gasteiger partial charge >= 0.3 is 5.69 Å². The fourth-order valence-electron chi connectivity index (χ4n) is 1.71. The highest BCUT2D eigenvalue weighted by atomic mass is 16.3. The molecule has 2 heterocycles. The maximum absolute atomic E-state index is 11.5. The SMILES string of the molecule is Nc1ccc2nc(Cn3cccnc3=O)oc2c1. The van der Waals surface area contributed by atoms with Gasteiger partial charge in [0.2, 0.25) is 5.89 Å². The first kappa shape index (κ1) is 10.5. The van der Waals surface area contributed by atoms with Crippen LogP contribution in [0, 0.1) is 0 Å². The minimum atomic E-state index is -0.334. The highest BCUT2D eigenvalue weighted by Crippen LogP contribution is 2.18. The van der Waals surface area contributed by atoms with Crippen LogP contribution in [0.4, 0.5) is 5.69 Å². The summed E-state index contributed by atoms with van der Waals surface area (Å²) in [6.45, 7) is 0.251. The van der Waals surface area contributed by atoms with Crippen molar-refractivity contribution < 1.29 is 4.42 Å². The van der Waals surface area contributed by atoms with Gasteiger partial charge in [-0.1, -0.05) is 0 Å². The fraction of sp³-hybridized carbons (Fsp3) is 0.0833. The van der Waals surface area contributed by atoms with Crippen molar-refractivity contribution in [1.82, 2.24) is 14.5 Å². The number of nitrogen functional groups attached to an aromatic ring is 1. The zero-order chi connectivity index (χ0) is 12.5. The van der Waals surface area contributed by atoms with Gasteiger partial charge in [-0.05, 0) is 18.2 Å². The Labute approximate surface area is 102 Å². The van der Waals surface area contributed by atoms with E-state index in [1.54, 1.807) is 30.5 Å². The van der Waals surface area contributed by atoms with Gasteiger partial charge in [0.25, 0.3) is 0 Å². The molecule has 18 heavy (non-hydrogen) atoms. The molecule has 0 aliphatic rings. The van der Waals surface area contributed by atoms with Crippen molar-refractivity contribution in [2.45, 2.75) is 6.54 Å². The van der Waals surface area contributed by atoms with Gasteiger partial charge < -0.3 is 10.2 Å². The first-order valence-corrected chi connectivity index (χ1v) is 5.39. The fourth-order valence-corrected chi connectivity index (χ4v) is 1.71. The Hall–Kier alpha value is -2.63. The summed E-state index contributed by atoms with van der Waals surface area (Å²) in [6.07, 6.45) is 3.09. The van der Waals surface area contributed by atoms with E-state index in [4.69, 9.17) is 10.2 Å². The Morgan fingerprint density at radius 2 is 2.28 bits per heavy atom. The minimum absolute atomic E-state index is 0.251. The molecule has 2 N–H and O–H groups in total. The Morgan fingerprint density at radius 1 is 1.39 bits per heavy atom. The number of nitrogens with two attached hydrogens (primary N) is 1. The van der Waals surface area contributed by atoms with E-state index in [1.807, 2.05) is 0 Å². The van der Waals surface area contributed by atoms with Crippen LogP contribution in [-0.2, 0) is 6.54 Å². The van der Waals surface area contributed by atoms with Gasteiger partial charge in [-0.15, -0.1) is 0 Å². The van der Waals surface area contributed by atoms with Crippen LogP contribution in [-0.4, -0.2) is 14.5 Å². The number of aromatic nitrogens is 3. The molecule has 0 bridgehead atoms. The first-order chi connectivity index (χ1) is 8.72. The maximum Gasteiger partial charge on any atom is 0.347 e. The van der Waals surface area contributed by atoms with Crippen molar-refractivity contribution in [3.63, 3.8) is 0 Å². The van der Waals surface area contributed by atoms with Gasteiger partial charge in [0.1, 0.15) is 12.1 Å². The molecule has 0 atom stereocenters. The van der Waals surface area contributed by atoms with Crippen molar-refractivity contribution in [2.75, 3.05) is 5.73 Å². The molecule has 2 aromatic heterocycles. The zero-order valence-corrected chi connectivity index (χ0v) is 9.41. The quantitative estimate of drug-likeness (QED) is 0.678. The lowest BCUT2D eigenvalue weighted by Gasteiger charge is -1.98. The van der Waals surface area contributed by atoms with Crippen LogP contribution in [0.3, 0.4) is 0 Å². The number of nitrogens with zero attached hydrogens (tertiary/aromatic N) is 3. The summed E-state index contributed by atoms with van der Waals surface area (Å²) in [7, 11) is 0. The lowest BCUT2D eigenvalue weighted by atomic mass is 10.3. The Balaban J connectivity index is 2.01. The second kappa shape index (κ2) is 3.99. The smallest absolute Gasteiger partial charge is 0.347 e. The van der Waals surface area contributed by atoms with Crippen LogP contribution in [0.2, 0.25) is 0 Å². The van der Waals surface area contributed by atoms with E-state index in [2.05, 4.69) is 9.97 Å². The summed E-state index contributed by atoms with van der Waals surface area (Å²) < 4.78 is 6.95. The first-order valence-electron chi connectivity index (χ1n) is 5.39. The van der Waals surface area contributed by atoms with E-state index >= 15 is 0 Å². The summed E-state index contributed by atoms with van der Waals surface area (Å²) in [4.78, 5) is 19.4. The summed E-state index contributed by atoms with van der Waals surface area (Å²) in [5.41, 5.74) is 7.27. The summed E-state index contributed by atoms with van der Waals surface area (Å²) in [6, 6.07) is 6.93. The molecule has 0 radical (unpaired) electrons. The number of rotatable bonds is 2. The van der Waals surface area contributed by atoms with Crippen molar-refractivity contribution in [1.29, 1.82) is 0 Å². The molecule has 0 saturated carbocycles.